The Morgan fingerprint density at radius 2 is 2.04 bits per heavy atom. The molecule has 0 bridgehead atoms. The molecular weight excluding hydrogens is 341 g/mol. The smallest absolute Gasteiger partial charge is 0.278 e. The van der Waals surface area contributed by atoms with E-state index in [1.54, 1.807) is 26.1 Å². The monoisotopic (exact) mass is 363 g/mol. The number of rotatable bonds is 8. The lowest BCUT2D eigenvalue weighted by Crippen LogP contribution is -2.25. The first-order chi connectivity index (χ1) is 12.3. The molecule has 0 spiro atoms. The maximum Gasteiger partial charge on any atom is 0.278 e. The number of hydrogen-bond acceptors (Lipinski definition) is 5. The summed E-state index contributed by atoms with van der Waals surface area (Å²) < 4.78 is 15.7. The number of amides is 1. The third kappa shape index (κ3) is 4.47. The second-order valence-corrected chi connectivity index (χ2v) is 5.87. The van der Waals surface area contributed by atoms with Gasteiger partial charge in [-0.25, -0.2) is 9.87 Å². The molecule has 0 aliphatic rings. The first kappa shape index (κ1) is 19.6. The van der Waals surface area contributed by atoms with Gasteiger partial charge in [0.15, 0.2) is 5.78 Å². The summed E-state index contributed by atoms with van der Waals surface area (Å²) in [7, 11) is 1.61. The molecular formula is C18H22FN3O4. The Hall–Kier alpha value is -2.71. The molecule has 0 aliphatic carbocycles. The lowest BCUT2D eigenvalue weighted by Gasteiger charge is -2.13. The first-order valence-electron chi connectivity index (χ1n) is 8.12. The van der Waals surface area contributed by atoms with Crippen molar-refractivity contribution in [3.05, 3.63) is 46.9 Å². The number of aryl methyl sites for hydroxylation is 1. The number of ketones is 1. The second kappa shape index (κ2) is 8.59. The molecule has 2 rings (SSSR count). The zero-order valence-corrected chi connectivity index (χ0v) is 14.9. The summed E-state index contributed by atoms with van der Waals surface area (Å²) in [4.78, 5) is 29.2. The van der Waals surface area contributed by atoms with Crippen molar-refractivity contribution >= 4 is 23.2 Å². The largest absolute Gasteiger partial charge is 0.396 e. The zero-order valence-electron chi connectivity index (χ0n) is 14.9. The summed E-state index contributed by atoms with van der Waals surface area (Å²) in [5.74, 6) is -1.02. The summed E-state index contributed by atoms with van der Waals surface area (Å²) in [6.45, 7) is 3.23. The van der Waals surface area contributed by atoms with Crippen LogP contribution in [-0.4, -0.2) is 34.6 Å². The van der Waals surface area contributed by atoms with Gasteiger partial charge >= 0.3 is 0 Å². The van der Waals surface area contributed by atoms with Crippen LogP contribution in [0.15, 0.2) is 24.3 Å². The van der Waals surface area contributed by atoms with Crippen LogP contribution in [0.2, 0.25) is 0 Å². The predicted octanol–water partition coefficient (Wildman–Crippen LogP) is 2.46. The van der Waals surface area contributed by atoms with Gasteiger partial charge in [-0.1, -0.05) is 6.07 Å². The molecule has 1 amide bonds. The number of Topliss-reactive ketones (excluding diaryl/α,β-unsaturated/α-hetero) is 1. The van der Waals surface area contributed by atoms with E-state index in [9.17, 15) is 14.0 Å². The first-order valence-corrected chi connectivity index (χ1v) is 8.12. The van der Waals surface area contributed by atoms with Gasteiger partial charge in [-0.15, -0.1) is 0 Å². The van der Waals surface area contributed by atoms with Crippen LogP contribution in [0.25, 0.3) is 0 Å². The lowest BCUT2D eigenvalue weighted by atomic mass is 10.2. The Bertz CT molecular complexity index is 817. The van der Waals surface area contributed by atoms with Gasteiger partial charge in [-0.3, -0.25) is 14.4 Å². The van der Waals surface area contributed by atoms with Crippen LogP contribution < -0.4 is 10.8 Å². The Morgan fingerprint density at radius 3 is 2.65 bits per heavy atom. The van der Waals surface area contributed by atoms with E-state index in [1.165, 1.54) is 23.6 Å². The maximum atomic E-state index is 14.2. The molecule has 1 heterocycles. The highest BCUT2D eigenvalue weighted by Gasteiger charge is 2.21. The molecule has 0 unspecified atom stereocenters. The fraction of sp³-hybridized carbons (Fsp3) is 0.333. The Labute approximate surface area is 150 Å². The summed E-state index contributed by atoms with van der Waals surface area (Å²) in [5.41, 5.74) is 3.63. The Kier molecular flexibility index (Phi) is 6.48. The molecule has 1 aromatic carbocycles. The van der Waals surface area contributed by atoms with Crippen LogP contribution in [0.1, 0.15) is 39.8 Å². The van der Waals surface area contributed by atoms with Gasteiger partial charge in [-0.2, -0.15) is 0 Å². The number of nitrogens with one attached hydrogen (secondary N) is 2. The van der Waals surface area contributed by atoms with E-state index >= 15 is 0 Å². The molecule has 26 heavy (non-hydrogen) atoms. The van der Waals surface area contributed by atoms with Crippen LogP contribution >= 0.6 is 0 Å². The number of halogens is 1. The van der Waals surface area contributed by atoms with Crippen LogP contribution in [0.3, 0.4) is 0 Å². The van der Waals surface area contributed by atoms with E-state index in [1.807, 2.05) is 0 Å². The highest BCUT2D eigenvalue weighted by molar-refractivity contribution is 6.03. The number of anilines is 2. The van der Waals surface area contributed by atoms with Gasteiger partial charge in [0.05, 0.1) is 23.6 Å². The molecule has 8 heteroatoms. The summed E-state index contributed by atoms with van der Waals surface area (Å²) in [5, 5.41) is 11.6. The minimum absolute atomic E-state index is 0.0603. The Morgan fingerprint density at radius 1 is 1.31 bits per heavy atom. The van der Waals surface area contributed by atoms with Crippen molar-refractivity contribution in [2.75, 3.05) is 18.5 Å². The highest BCUT2D eigenvalue weighted by atomic mass is 19.1. The molecule has 1 aromatic heterocycles. The van der Waals surface area contributed by atoms with Gasteiger partial charge in [0.1, 0.15) is 11.6 Å². The third-order valence-corrected chi connectivity index (χ3v) is 3.79. The summed E-state index contributed by atoms with van der Waals surface area (Å²) in [6, 6.07) is 6.08. The molecule has 0 fully saturated rings. The Balaban J connectivity index is 2.33. The molecule has 2 aromatic rings. The van der Waals surface area contributed by atoms with E-state index in [4.69, 9.17) is 9.94 Å². The average molecular weight is 363 g/mol. The quantitative estimate of drug-likeness (QED) is 0.381. The zero-order chi connectivity index (χ0) is 19.3. The lowest BCUT2D eigenvalue weighted by molar-refractivity contribution is 0.0262. The van der Waals surface area contributed by atoms with Gasteiger partial charge < -0.3 is 15.0 Å². The van der Waals surface area contributed by atoms with E-state index in [2.05, 4.69) is 10.8 Å². The van der Waals surface area contributed by atoms with Gasteiger partial charge in [-0.05, 0) is 37.1 Å². The van der Waals surface area contributed by atoms with Gasteiger partial charge in [0, 0.05) is 20.6 Å². The number of aromatic nitrogens is 1. The fourth-order valence-electron chi connectivity index (χ4n) is 2.42. The fourth-order valence-corrected chi connectivity index (χ4v) is 2.42. The molecule has 0 radical (unpaired) electrons. The van der Waals surface area contributed by atoms with Crippen molar-refractivity contribution < 1.29 is 23.9 Å². The number of aliphatic hydroxyl groups is 1. The van der Waals surface area contributed by atoms with Gasteiger partial charge in [0.2, 0.25) is 0 Å². The number of nitrogens with zero attached hydrogens (tertiary/aromatic N) is 1. The van der Waals surface area contributed by atoms with E-state index in [0.29, 0.717) is 12.1 Å². The molecule has 7 nitrogen and oxygen atoms in total. The molecule has 0 atom stereocenters. The standard InChI is InChI=1S/C18H22FN3O4/c1-11-5-6-15(14(19)9-11)20-17-13(10-16(12(2)24)22(17)3)18(25)21-26-8-4-7-23/h5-6,9-10,20,23H,4,7-8H2,1-3H3,(H,21,25). The molecule has 0 aliphatic heterocycles. The SMILES string of the molecule is CC(=O)c1cc(C(=O)NOCCCO)c(Nc2ccc(C)cc2F)n1C. The second-order valence-electron chi connectivity index (χ2n) is 5.87. The van der Waals surface area contributed by atoms with Crippen molar-refractivity contribution in [2.45, 2.75) is 20.3 Å². The molecule has 0 saturated carbocycles. The van der Waals surface area contributed by atoms with Crippen molar-refractivity contribution in [2.24, 2.45) is 7.05 Å². The molecule has 140 valence electrons. The van der Waals surface area contributed by atoms with Gasteiger partial charge in [0.25, 0.3) is 5.91 Å². The number of hydroxylamine groups is 1. The predicted molar refractivity (Wildman–Crippen MR) is 95.0 cm³/mol. The van der Waals surface area contributed by atoms with E-state index in [-0.39, 0.29) is 36.1 Å². The topological polar surface area (TPSA) is 92.6 Å². The average Bonchev–Trinajstić information content (AvgIpc) is 2.91. The van der Waals surface area contributed by atoms with Crippen molar-refractivity contribution in [3.8, 4) is 0 Å². The molecule has 0 saturated heterocycles. The molecule has 3 N–H and O–H groups in total. The minimum Gasteiger partial charge on any atom is -0.396 e. The van der Waals surface area contributed by atoms with Crippen LogP contribution in [0.4, 0.5) is 15.9 Å². The van der Waals surface area contributed by atoms with E-state index < -0.39 is 11.7 Å². The van der Waals surface area contributed by atoms with Crippen LogP contribution in [-0.2, 0) is 11.9 Å². The van der Waals surface area contributed by atoms with Crippen molar-refractivity contribution in [1.29, 1.82) is 0 Å². The normalized spacial score (nSPS) is 10.7. The summed E-state index contributed by atoms with van der Waals surface area (Å²) >= 11 is 0. The van der Waals surface area contributed by atoms with Crippen molar-refractivity contribution in [1.82, 2.24) is 10.0 Å². The number of carbonyl (C=O) groups excluding carboxylic acids is 2. The van der Waals surface area contributed by atoms with Crippen LogP contribution in [0.5, 0.6) is 0 Å². The maximum absolute atomic E-state index is 14.2. The van der Waals surface area contributed by atoms with Crippen molar-refractivity contribution in [3.63, 3.8) is 0 Å². The number of benzene rings is 1. The highest BCUT2D eigenvalue weighted by Crippen LogP contribution is 2.27. The number of carbonyl (C=O) groups is 2. The minimum atomic E-state index is -0.582. The van der Waals surface area contributed by atoms with Crippen LogP contribution in [0, 0.1) is 12.7 Å². The third-order valence-electron chi connectivity index (χ3n) is 3.79. The van der Waals surface area contributed by atoms with E-state index in [0.717, 1.165) is 5.56 Å². The number of aliphatic hydroxyl groups excluding tert-OH is 1. The number of hydrogen-bond donors (Lipinski definition) is 3. The summed E-state index contributed by atoms with van der Waals surface area (Å²) in [6.07, 6.45) is 0.369.